The summed E-state index contributed by atoms with van der Waals surface area (Å²) in [5, 5.41) is 2.89. The highest BCUT2D eigenvalue weighted by Crippen LogP contribution is 2.37. The Bertz CT molecular complexity index is 1320. The zero-order valence-corrected chi connectivity index (χ0v) is 18.2. The summed E-state index contributed by atoms with van der Waals surface area (Å²) in [5.41, 5.74) is 3.16. The van der Waals surface area contributed by atoms with Crippen LogP contribution in [0.5, 0.6) is 11.5 Å². The van der Waals surface area contributed by atoms with E-state index in [1.165, 1.54) is 0 Å². The molecule has 1 fully saturated rings. The van der Waals surface area contributed by atoms with Crippen molar-refractivity contribution in [2.24, 2.45) is 0 Å². The van der Waals surface area contributed by atoms with Crippen LogP contribution in [0.15, 0.2) is 66.7 Å². The number of hydrogen-bond acceptors (Lipinski definition) is 5. The highest BCUT2D eigenvalue weighted by atomic mass is 16.7. The molecule has 34 heavy (non-hydrogen) atoms. The van der Waals surface area contributed by atoms with Gasteiger partial charge in [0.25, 0.3) is 11.8 Å². The molecule has 1 N–H and O–H groups in total. The molecule has 0 unspecified atom stereocenters. The summed E-state index contributed by atoms with van der Waals surface area (Å²) in [7, 11) is 0. The number of piperazine rings is 1. The molecule has 0 saturated carbocycles. The first-order chi connectivity index (χ1) is 16.6. The largest absolute Gasteiger partial charge is 0.454 e. The first kappa shape index (κ1) is 20.3. The lowest BCUT2D eigenvalue weighted by Crippen LogP contribution is -2.59. The van der Waals surface area contributed by atoms with E-state index < -0.39 is 6.04 Å². The maximum Gasteiger partial charge on any atom is 0.256 e. The third-order valence-corrected chi connectivity index (χ3v) is 6.47. The standard InChI is InChI=1S/C26H21N3O5/c30-24-21-14-28(25(31)16-4-2-1-3-5-16)10-11-29(21)26(32)19-12-17(6-8-20(19)27-24)18-7-9-22-23(13-18)34-15-33-22/h1-9,12-13,21H,10-11,14-15H2,(H,27,30)/t21-/m1/s1. The second kappa shape index (κ2) is 7.91. The summed E-state index contributed by atoms with van der Waals surface area (Å²) in [6.45, 7) is 0.978. The summed E-state index contributed by atoms with van der Waals surface area (Å²) >= 11 is 0. The molecule has 6 rings (SSSR count). The topological polar surface area (TPSA) is 88.2 Å². The molecule has 1 atom stereocenters. The number of carbonyl (C=O) groups is 3. The number of carbonyl (C=O) groups excluding carboxylic acids is 3. The third kappa shape index (κ3) is 3.35. The van der Waals surface area contributed by atoms with Crippen molar-refractivity contribution in [3.63, 3.8) is 0 Å². The molecule has 0 spiro atoms. The van der Waals surface area contributed by atoms with Gasteiger partial charge in [-0.05, 0) is 47.5 Å². The molecule has 3 aromatic carbocycles. The lowest BCUT2D eigenvalue weighted by Gasteiger charge is -2.39. The zero-order valence-electron chi connectivity index (χ0n) is 18.2. The van der Waals surface area contributed by atoms with Crippen molar-refractivity contribution >= 4 is 23.4 Å². The molecule has 3 aliphatic heterocycles. The predicted molar refractivity (Wildman–Crippen MR) is 124 cm³/mol. The van der Waals surface area contributed by atoms with Crippen LogP contribution in [0.3, 0.4) is 0 Å². The van der Waals surface area contributed by atoms with Crippen LogP contribution in [0.2, 0.25) is 0 Å². The van der Waals surface area contributed by atoms with E-state index in [-0.39, 0.29) is 37.6 Å². The Kier molecular flexibility index (Phi) is 4.72. The van der Waals surface area contributed by atoms with Crippen LogP contribution in [-0.2, 0) is 4.79 Å². The van der Waals surface area contributed by atoms with Crippen molar-refractivity contribution in [1.82, 2.24) is 9.80 Å². The maximum atomic E-state index is 13.5. The van der Waals surface area contributed by atoms with Gasteiger partial charge in [0.1, 0.15) is 6.04 Å². The van der Waals surface area contributed by atoms with Crippen molar-refractivity contribution in [2.75, 3.05) is 31.7 Å². The molecule has 0 bridgehead atoms. The predicted octanol–water partition coefficient (Wildman–Crippen LogP) is 3.00. The van der Waals surface area contributed by atoms with E-state index in [0.29, 0.717) is 34.9 Å². The van der Waals surface area contributed by atoms with E-state index in [2.05, 4.69) is 5.32 Å². The Balaban J connectivity index is 1.29. The quantitative estimate of drug-likeness (QED) is 0.642. The van der Waals surface area contributed by atoms with Crippen LogP contribution >= 0.6 is 0 Å². The maximum absolute atomic E-state index is 13.5. The van der Waals surface area contributed by atoms with Gasteiger partial charge in [-0.1, -0.05) is 30.3 Å². The van der Waals surface area contributed by atoms with Gasteiger partial charge >= 0.3 is 0 Å². The van der Waals surface area contributed by atoms with Crippen molar-refractivity contribution in [3.8, 4) is 22.6 Å². The second-order valence-corrected chi connectivity index (χ2v) is 8.45. The van der Waals surface area contributed by atoms with Crippen LogP contribution in [-0.4, -0.2) is 60.0 Å². The Labute approximate surface area is 195 Å². The molecule has 8 heteroatoms. The van der Waals surface area contributed by atoms with E-state index in [9.17, 15) is 14.4 Å². The van der Waals surface area contributed by atoms with E-state index >= 15 is 0 Å². The average molecular weight is 455 g/mol. The van der Waals surface area contributed by atoms with Gasteiger partial charge in [0.2, 0.25) is 12.7 Å². The molecule has 170 valence electrons. The van der Waals surface area contributed by atoms with Crippen LogP contribution in [0.1, 0.15) is 20.7 Å². The van der Waals surface area contributed by atoms with Crippen LogP contribution < -0.4 is 14.8 Å². The minimum atomic E-state index is -0.754. The summed E-state index contributed by atoms with van der Waals surface area (Å²) in [5.74, 6) is 0.674. The van der Waals surface area contributed by atoms with Crippen LogP contribution in [0.4, 0.5) is 5.69 Å². The fourth-order valence-corrected chi connectivity index (χ4v) is 4.65. The number of benzene rings is 3. The van der Waals surface area contributed by atoms with Gasteiger partial charge in [0.15, 0.2) is 11.5 Å². The van der Waals surface area contributed by atoms with Crippen molar-refractivity contribution in [1.29, 1.82) is 0 Å². The molecule has 3 heterocycles. The smallest absolute Gasteiger partial charge is 0.256 e. The summed E-state index contributed by atoms with van der Waals surface area (Å²) in [4.78, 5) is 42.7. The Hall–Kier alpha value is -4.33. The number of rotatable bonds is 2. The van der Waals surface area contributed by atoms with Gasteiger partial charge in [-0.3, -0.25) is 14.4 Å². The Morgan fingerprint density at radius 1 is 0.882 bits per heavy atom. The van der Waals surface area contributed by atoms with Gasteiger partial charge in [0, 0.05) is 18.7 Å². The fraction of sp³-hybridized carbons (Fsp3) is 0.192. The average Bonchev–Trinajstić information content (AvgIpc) is 3.32. The normalized spacial score (nSPS) is 18.6. The molecule has 3 aromatic rings. The molecule has 8 nitrogen and oxygen atoms in total. The second-order valence-electron chi connectivity index (χ2n) is 8.45. The zero-order chi connectivity index (χ0) is 23.2. The Morgan fingerprint density at radius 2 is 1.65 bits per heavy atom. The Morgan fingerprint density at radius 3 is 2.50 bits per heavy atom. The van der Waals surface area contributed by atoms with Crippen LogP contribution in [0, 0.1) is 0 Å². The number of nitrogens with one attached hydrogen (secondary N) is 1. The number of amides is 3. The lowest BCUT2D eigenvalue weighted by atomic mass is 10.0. The molecule has 1 saturated heterocycles. The van der Waals surface area contributed by atoms with Gasteiger partial charge in [-0.2, -0.15) is 0 Å². The molecule has 3 amide bonds. The number of anilines is 1. The highest BCUT2D eigenvalue weighted by molar-refractivity contribution is 6.11. The summed E-state index contributed by atoms with van der Waals surface area (Å²) in [6.07, 6.45) is 0. The van der Waals surface area contributed by atoms with Gasteiger partial charge in [-0.15, -0.1) is 0 Å². The number of hydrogen-bond donors (Lipinski definition) is 1. The summed E-state index contributed by atoms with van der Waals surface area (Å²) < 4.78 is 10.9. The minimum Gasteiger partial charge on any atom is -0.454 e. The lowest BCUT2D eigenvalue weighted by molar-refractivity contribution is -0.121. The van der Waals surface area contributed by atoms with Crippen molar-refractivity contribution in [2.45, 2.75) is 6.04 Å². The van der Waals surface area contributed by atoms with Crippen molar-refractivity contribution < 1.29 is 23.9 Å². The fourth-order valence-electron chi connectivity index (χ4n) is 4.65. The third-order valence-electron chi connectivity index (χ3n) is 6.47. The van der Waals surface area contributed by atoms with Gasteiger partial charge in [0.05, 0.1) is 17.8 Å². The van der Waals surface area contributed by atoms with E-state index in [0.717, 1.165) is 11.1 Å². The summed E-state index contributed by atoms with van der Waals surface area (Å²) in [6, 6.07) is 19.2. The SMILES string of the molecule is O=C1Nc2ccc(-c3ccc4c(c3)OCO4)cc2C(=O)N2CCN(C(=O)c3ccccc3)C[C@H]12. The van der Waals surface area contributed by atoms with E-state index in [1.807, 2.05) is 30.3 Å². The van der Waals surface area contributed by atoms with Gasteiger partial charge < -0.3 is 24.6 Å². The molecule has 0 aromatic heterocycles. The first-order valence-electron chi connectivity index (χ1n) is 11.1. The number of fused-ring (bicyclic) bond motifs is 3. The van der Waals surface area contributed by atoms with E-state index in [4.69, 9.17) is 9.47 Å². The molecule has 0 aliphatic carbocycles. The number of ether oxygens (including phenoxy) is 2. The number of nitrogens with zero attached hydrogens (tertiary/aromatic N) is 2. The van der Waals surface area contributed by atoms with Gasteiger partial charge in [-0.25, -0.2) is 0 Å². The highest BCUT2D eigenvalue weighted by Gasteiger charge is 2.40. The van der Waals surface area contributed by atoms with E-state index in [1.54, 1.807) is 46.2 Å². The molecular formula is C26H21N3O5. The molecule has 0 radical (unpaired) electrons. The van der Waals surface area contributed by atoms with Crippen LogP contribution in [0.25, 0.3) is 11.1 Å². The monoisotopic (exact) mass is 455 g/mol. The van der Waals surface area contributed by atoms with Crippen molar-refractivity contribution in [3.05, 3.63) is 77.9 Å². The molecular weight excluding hydrogens is 434 g/mol. The minimum absolute atomic E-state index is 0.146. The molecule has 3 aliphatic rings. The first-order valence-corrected chi connectivity index (χ1v) is 11.1.